The molecule has 0 fully saturated rings. The molecule has 4 rings (SSSR count). The van der Waals surface area contributed by atoms with Crippen LogP contribution in [0.2, 0.25) is 0 Å². The largest absolute Gasteiger partial charge is 0.507 e. The number of phenols is 1. The van der Waals surface area contributed by atoms with E-state index in [1.165, 1.54) is 13.0 Å². The van der Waals surface area contributed by atoms with Gasteiger partial charge in [0.2, 0.25) is 5.79 Å². The van der Waals surface area contributed by atoms with E-state index in [1.807, 2.05) is 52.0 Å². The van der Waals surface area contributed by atoms with E-state index in [4.69, 9.17) is 19.7 Å². The molecule has 0 aliphatic rings. The van der Waals surface area contributed by atoms with E-state index >= 15 is 0 Å². The SMILES string of the molecule is CCCCC(CC)CC(O)(Oc1ccc(-c2nc(-c3ccc(C)cc3C)nc(-c3ccc(C)cc3C)n2)c(O)c1)C(C)O. The van der Waals surface area contributed by atoms with Crippen molar-refractivity contribution in [3.05, 3.63) is 76.9 Å². The minimum Gasteiger partial charge on any atom is -0.507 e. The van der Waals surface area contributed by atoms with Crippen molar-refractivity contribution in [2.24, 2.45) is 5.92 Å². The molecule has 3 N–H and O–H groups in total. The Bertz CT molecular complexity index is 1500. The maximum absolute atomic E-state index is 11.3. The summed E-state index contributed by atoms with van der Waals surface area (Å²) >= 11 is 0. The zero-order valence-electron chi connectivity index (χ0n) is 26.5. The van der Waals surface area contributed by atoms with Crippen molar-refractivity contribution in [1.82, 2.24) is 15.0 Å². The normalized spacial score (nSPS) is 14.3. The molecule has 7 nitrogen and oxygen atoms in total. The van der Waals surface area contributed by atoms with Crippen molar-refractivity contribution in [3.63, 3.8) is 0 Å². The molecule has 3 aromatic carbocycles. The molecule has 0 spiro atoms. The number of nitrogens with zero attached hydrogens (tertiary/aromatic N) is 3. The number of aromatic hydroxyl groups is 1. The minimum absolute atomic E-state index is 0.104. The summed E-state index contributed by atoms with van der Waals surface area (Å²) in [7, 11) is 0. The van der Waals surface area contributed by atoms with Crippen LogP contribution in [-0.4, -0.2) is 42.2 Å². The molecule has 0 amide bonds. The Kier molecular flexibility index (Phi) is 10.2. The van der Waals surface area contributed by atoms with Crippen LogP contribution in [-0.2, 0) is 0 Å². The van der Waals surface area contributed by atoms with Crippen molar-refractivity contribution in [2.45, 2.75) is 92.5 Å². The van der Waals surface area contributed by atoms with Crippen molar-refractivity contribution >= 4 is 0 Å². The molecule has 43 heavy (non-hydrogen) atoms. The van der Waals surface area contributed by atoms with E-state index in [0.29, 0.717) is 23.0 Å². The number of unbranched alkanes of at least 4 members (excludes halogenated alkanes) is 1. The maximum atomic E-state index is 11.3. The van der Waals surface area contributed by atoms with Crippen molar-refractivity contribution < 1.29 is 20.1 Å². The van der Waals surface area contributed by atoms with Gasteiger partial charge >= 0.3 is 0 Å². The van der Waals surface area contributed by atoms with Gasteiger partial charge in [-0.25, -0.2) is 15.0 Å². The Morgan fingerprint density at radius 2 is 1.28 bits per heavy atom. The number of aliphatic hydroxyl groups is 2. The highest BCUT2D eigenvalue weighted by atomic mass is 16.6. The molecule has 0 bridgehead atoms. The zero-order chi connectivity index (χ0) is 31.3. The lowest BCUT2D eigenvalue weighted by atomic mass is 9.89. The standard InChI is InChI=1S/C36H45N3O4/c1-8-10-11-27(9-2)21-36(42,26(7)40)43-28-14-17-31(32(41)20-28)35-38-33(29-15-12-22(3)18-24(29)5)37-34(39-35)30-16-13-23(4)19-25(30)6/h12-20,26-27,40-42H,8-11,21H2,1-7H3. The number of phenolic OH excluding ortho intramolecular Hbond substituents is 1. The number of ether oxygens (including phenoxy) is 1. The van der Waals surface area contributed by atoms with Crippen molar-refractivity contribution in [2.75, 3.05) is 0 Å². The highest BCUT2D eigenvalue weighted by Gasteiger charge is 2.37. The lowest BCUT2D eigenvalue weighted by molar-refractivity contribution is -0.211. The fourth-order valence-electron chi connectivity index (χ4n) is 5.49. The molecule has 7 heteroatoms. The van der Waals surface area contributed by atoms with Gasteiger partial charge in [0.25, 0.3) is 0 Å². The number of aliphatic hydroxyl groups excluding tert-OH is 1. The molecule has 4 aromatic rings. The van der Waals surface area contributed by atoms with E-state index in [2.05, 4.69) is 26.0 Å². The van der Waals surface area contributed by atoms with Gasteiger partial charge in [0, 0.05) is 23.6 Å². The van der Waals surface area contributed by atoms with Gasteiger partial charge in [-0.2, -0.15) is 0 Å². The van der Waals surface area contributed by atoms with Crippen LogP contribution in [0.5, 0.6) is 11.5 Å². The predicted molar refractivity (Wildman–Crippen MR) is 172 cm³/mol. The third-order valence-electron chi connectivity index (χ3n) is 8.16. The summed E-state index contributed by atoms with van der Waals surface area (Å²) in [5.41, 5.74) is 6.54. The molecule has 0 saturated carbocycles. The molecule has 3 unspecified atom stereocenters. The van der Waals surface area contributed by atoms with Gasteiger partial charge in [0.05, 0.1) is 5.56 Å². The number of hydrogen-bond donors (Lipinski definition) is 3. The number of hydrogen-bond acceptors (Lipinski definition) is 7. The van der Waals surface area contributed by atoms with Gasteiger partial charge < -0.3 is 20.1 Å². The molecular formula is C36H45N3O4. The highest BCUT2D eigenvalue weighted by Crippen LogP contribution is 2.36. The fourth-order valence-corrected chi connectivity index (χ4v) is 5.49. The topological polar surface area (TPSA) is 109 Å². The Morgan fingerprint density at radius 3 is 1.72 bits per heavy atom. The Hall–Kier alpha value is -3.81. The Balaban J connectivity index is 1.75. The third kappa shape index (κ3) is 7.59. The number of aromatic nitrogens is 3. The quantitative estimate of drug-likeness (QED) is 0.146. The van der Waals surface area contributed by atoms with E-state index in [9.17, 15) is 15.3 Å². The summed E-state index contributed by atoms with van der Waals surface area (Å²) in [6, 6.07) is 17.0. The summed E-state index contributed by atoms with van der Waals surface area (Å²) in [6.07, 6.45) is 3.08. The van der Waals surface area contributed by atoms with E-state index in [1.54, 1.807) is 12.1 Å². The van der Waals surface area contributed by atoms with Crippen molar-refractivity contribution in [1.29, 1.82) is 0 Å². The first kappa shape index (κ1) is 32.1. The minimum atomic E-state index is -1.79. The summed E-state index contributed by atoms with van der Waals surface area (Å²) in [5, 5.41) is 33.1. The molecule has 0 saturated heterocycles. The lowest BCUT2D eigenvalue weighted by Crippen LogP contribution is -2.47. The predicted octanol–water partition coefficient (Wildman–Crippen LogP) is 7.87. The van der Waals surface area contributed by atoms with Crippen molar-refractivity contribution in [3.8, 4) is 45.7 Å². The zero-order valence-corrected chi connectivity index (χ0v) is 26.5. The second-order valence-electron chi connectivity index (χ2n) is 11.9. The first-order valence-electron chi connectivity index (χ1n) is 15.3. The monoisotopic (exact) mass is 583 g/mol. The number of rotatable bonds is 12. The first-order valence-corrected chi connectivity index (χ1v) is 15.3. The molecule has 0 aliphatic carbocycles. The van der Waals surface area contributed by atoms with Crippen LogP contribution in [0.15, 0.2) is 54.6 Å². The molecule has 1 aromatic heterocycles. The summed E-state index contributed by atoms with van der Waals surface area (Å²) in [4.78, 5) is 14.5. The Morgan fingerprint density at radius 1 is 0.767 bits per heavy atom. The van der Waals surface area contributed by atoms with Crippen LogP contribution in [0.3, 0.4) is 0 Å². The first-order chi connectivity index (χ1) is 20.4. The molecule has 0 aliphatic heterocycles. The third-order valence-corrected chi connectivity index (χ3v) is 8.16. The van der Waals surface area contributed by atoms with Gasteiger partial charge in [0.15, 0.2) is 17.5 Å². The second-order valence-corrected chi connectivity index (χ2v) is 11.9. The van der Waals surface area contributed by atoms with E-state index in [-0.39, 0.29) is 23.8 Å². The van der Waals surface area contributed by atoms with E-state index < -0.39 is 11.9 Å². The average Bonchev–Trinajstić information content (AvgIpc) is 2.95. The van der Waals surface area contributed by atoms with Gasteiger partial charge in [-0.15, -0.1) is 0 Å². The Labute approximate surface area is 255 Å². The summed E-state index contributed by atoms with van der Waals surface area (Å²) in [6.45, 7) is 13.9. The molecule has 3 atom stereocenters. The highest BCUT2D eigenvalue weighted by molar-refractivity contribution is 5.72. The lowest BCUT2D eigenvalue weighted by Gasteiger charge is -2.34. The van der Waals surface area contributed by atoms with Crippen LogP contribution in [0.4, 0.5) is 0 Å². The molecular weight excluding hydrogens is 538 g/mol. The van der Waals surface area contributed by atoms with Gasteiger partial charge in [-0.05, 0) is 63.8 Å². The van der Waals surface area contributed by atoms with E-state index in [0.717, 1.165) is 59.1 Å². The number of aryl methyl sites for hydroxylation is 4. The molecule has 1 heterocycles. The van der Waals surface area contributed by atoms with Crippen LogP contribution < -0.4 is 4.74 Å². The molecule has 0 radical (unpaired) electrons. The fraction of sp³-hybridized carbons (Fsp3) is 0.417. The van der Waals surface area contributed by atoms with Gasteiger partial charge in [-0.3, -0.25) is 0 Å². The van der Waals surface area contributed by atoms with Crippen LogP contribution in [0, 0.1) is 33.6 Å². The molecule has 228 valence electrons. The smallest absolute Gasteiger partial charge is 0.234 e. The summed E-state index contributed by atoms with van der Waals surface area (Å²) < 4.78 is 5.98. The maximum Gasteiger partial charge on any atom is 0.234 e. The number of benzene rings is 3. The van der Waals surface area contributed by atoms with Crippen LogP contribution >= 0.6 is 0 Å². The average molecular weight is 584 g/mol. The van der Waals surface area contributed by atoms with Crippen LogP contribution in [0.1, 0.15) is 75.1 Å². The second kappa shape index (κ2) is 13.7. The van der Waals surface area contributed by atoms with Gasteiger partial charge in [0.1, 0.15) is 17.6 Å². The summed E-state index contributed by atoms with van der Waals surface area (Å²) in [5.74, 6) is -0.106. The van der Waals surface area contributed by atoms with Crippen LogP contribution in [0.25, 0.3) is 34.2 Å². The van der Waals surface area contributed by atoms with Gasteiger partial charge in [-0.1, -0.05) is 87.1 Å².